The monoisotopic (exact) mass is 407 g/mol. The molecule has 8 heteroatoms. The average molecular weight is 407 g/mol. The summed E-state index contributed by atoms with van der Waals surface area (Å²) >= 11 is 0. The first-order chi connectivity index (χ1) is 14.6. The molecule has 1 amide bonds. The minimum absolute atomic E-state index is 0.0587. The van der Waals surface area contributed by atoms with Crippen LogP contribution in [0.1, 0.15) is 16.2 Å². The fourth-order valence-electron chi connectivity index (χ4n) is 3.76. The van der Waals surface area contributed by atoms with Crippen molar-refractivity contribution in [2.45, 2.75) is 6.54 Å². The van der Waals surface area contributed by atoms with E-state index in [1.165, 1.54) is 0 Å². The number of anilines is 1. The van der Waals surface area contributed by atoms with Crippen LogP contribution in [0.4, 0.5) is 5.82 Å². The normalized spacial score (nSPS) is 14.7. The highest BCUT2D eigenvalue weighted by Crippen LogP contribution is 2.31. The van der Waals surface area contributed by atoms with E-state index in [2.05, 4.69) is 14.9 Å². The van der Waals surface area contributed by atoms with E-state index in [1.54, 1.807) is 32.4 Å². The molecule has 4 rings (SSSR count). The first-order valence-electron chi connectivity index (χ1n) is 9.84. The fraction of sp³-hybridized carbons (Fsp3) is 0.318. The van der Waals surface area contributed by atoms with Gasteiger partial charge >= 0.3 is 0 Å². The number of carbonyl (C=O) groups excluding carboxylic acids is 1. The molecule has 8 nitrogen and oxygen atoms in total. The Bertz CT molecular complexity index is 1060. The van der Waals surface area contributed by atoms with Crippen LogP contribution in [0.5, 0.6) is 11.5 Å². The molecule has 2 heterocycles. The van der Waals surface area contributed by atoms with Crippen LogP contribution in [0, 0.1) is 0 Å². The minimum atomic E-state index is -0.0587. The average Bonchev–Trinajstić information content (AvgIpc) is 2.78. The molecule has 3 aromatic rings. The van der Waals surface area contributed by atoms with E-state index >= 15 is 0 Å². The van der Waals surface area contributed by atoms with Gasteiger partial charge in [0, 0.05) is 31.6 Å². The van der Waals surface area contributed by atoms with E-state index in [4.69, 9.17) is 15.2 Å². The van der Waals surface area contributed by atoms with E-state index in [0.717, 1.165) is 24.0 Å². The second kappa shape index (κ2) is 8.54. The van der Waals surface area contributed by atoms with Crippen LogP contribution in [0.15, 0.2) is 42.5 Å². The Kier molecular flexibility index (Phi) is 5.67. The third-order valence-corrected chi connectivity index (χ3v) is 5.34. The largest absolute Gasteiger partial charge is 0.493 e. The highest BCUT2D eigenvalue weighted by atomic mass is 16.5. The zero-order valence-electron chi connectivity index (χ0n) is 17.2. The third kappa shape index (κ3) is 3.86. The number of amides is 1. The smallest absolute Gasteiger partial charge is 0.257 e. The van der Waals surface area contributed by atoms with Crippen molar-refractivity contribution in [3.63, 3.8) is 0 Å². The number of nitrogen functional groups attached to an aromatic ring is 1. The highest BCUT2D eigenvalue weighted by molar-refractivity contribution is 5.98. The number of fused-ring (bicyclic) bond motifs is 1. The van der Waals surface area contributed by atoms with Gasteiger partial charge in [0.25, 0.3) is 5.91 Å². The number of rotatable bonds is 5. The van der Waals surface area contributed by atoms with Crippen molar-refractivity contribution in [3.05, 3.63) is 53.9 Å². The lowest BCUT2D eigenvalue weighted by atomic mass is 10.1. The van der Waals surface area contributed by atoms with Crippen molar-refractivity contribution < 1.29 is 14.3 Å². The lowest BCUT2D eigenvalue weighted by Gasteiger charge is -2.34. The maximum absolute atomic E-state index is 13.0. The molecule has 1 aromatic heterocycles. The molecule has 0 aliphatic carbocycles. The summed E-state index contributed by atoms with van der Waals surface area (Å²) in [6.07, 6.45) is 0. The zero-order chi connectivity index (χ0) is 21.1. The van der Waals surface area contributed by atoms with Gasteiger partial charge in [-0.05, 0) is 24.3 Å². The maximum Gasteiger partial charge on any atom is 0.257 e. The Morgan fingerprint density at radius 3 is 2.50 bits per heavy atom. The zero-order valence-corrected chi connectivity index (χ0v) is 17.2. The number of aromatic nitrogens is 2. The lowest BCUT2D eigenvalue weighted by Crippen LogP contribution is -2.48. The van der Waals surface area contributed by atoms with Gasteiger partial charge in [0.05, 0.1) is 31.8 Å². The van der Waals surface area contributed by atoms with Crippen molar-refractivity contribution in [1.29, 1.82) is 0 Å². The standard InChI is InChI=1S/C22H25N5O3/c1-29-18-9-5-7-16(20(18)30-2)22(28)27-12-10-26(11-13-27)14-19-24-17-8-4-3-6-15(17)21(23)25-19/h3-9H,10-14H2,1-2H3,(H2,23,24,25). The SMILES string of the molecule is COc1cccc(C(=O)N2CCN(Cc3nc(N)c4ccccc4n3)CC2)c1OC. The predicted molar refractivity (Wildman–Crippen MR) is 115 cm³/mol. The van der Waals surface area contributed by atoms with Gasteiger partial charge in [-0.3, -0.25) is 9.69 Å². The van der Waals surface area contributed by atoms with Crippen LogP contribution >= 0.6 is 0 Å². The Morgan fingerprint density at radius 2 is 1.77 bits per heavy atom. The van der Waals surface area contributed by atoms with E-state index in [0.29, 0.717) is 48.3 Å². The topological polar surface area (TPSA) is 93.8 Å². The number of piperazine rings is 1. The molecule has 0 atom stereocenters. The van der Waals surface area contributed by atoms with Crippen LogP contribution in [-0.2, 0) is 6.54 Å². The molecule has 1 fully saturated rings. The van der Waals surface area contributed by atoms with E-state index in [9.17, 15) is 4.79 Å². The van der Waals surface area contributed by atoms with E-state index in [-0.39, 0.29) is 5.91 Å². The number of carbonyl (C=O) groups is 1. The van der Waals surface area contributed by atoms with Crippen molar-refractivity contribution in [2.75, 3.05) is 46.1 Å². The molecule has 2 aromatic carbocycles. The van der Waals surface area contributed by atoms with Gasteiger partial charge in [-0.2, -0.15) is 0 Å². The molecule has 156 valence electrons. The molecule has 1 saturated heterocycles. The van der Waals surface area contributed by atoms with Gasteiger partial charge in [-0.15, -0.1) is 0 Å². The quantitative estimate of drug-likeness (QED) is 0.693. The van der Waals surface area contributed by atoms with Crippen LogP contribution in [0.3, 0.4) is 0 Å². The second-order valence-electron chi connectivity index (χ2n) is 7.15. The molecule has 0 bridgehead atoms. The van der Waals surface area contributed by atoms with E-state index in [1.807, 2.05) is 29.2 Å². The summed E-state index contributed by atoms with van der Waals surface area (Å²) in [6, 6.07) is 13.1. The van der Waals surface area contributed by atoms with E-state index < -0.39 is 0 Å². The Labute approximate surface area is 175 Å². The maximum atomic E-state index is 13.0. The summed E-state index contributed by atoms with van der Waals surface area (Å²) in [5.41, 5.74) is 7.45. The van der Waals surface area contributed by atoms with Crippen molar-refractivity contribution in [2.24, 2.45) is 0 Å². The molecule has 30 heavy (non-hydrogen) atoms. The Morgan fingerprint density at radius 1 is 1.00 bits per heavy atom. The molecule has 1 aliphatic rings. The van der Waals surface area contributed by atoms with Gasteiger partial charge in [-0.25, -0.2) is 9.97 Å². The van der Waals surface area contributed by atoms with Gasteiger partial charge in [0.2, 0.25) is 0 Å². The van der Waals surface area contributed by atoms with Crippen LogP contribution in [0.2, 0.25) is 0 Å². The molecular weight excluding hydrogens is 382 g/mol. The molecule has 0 radical (unpaired) electrons. The van der Waals surface area contributed by atoms with Crippen LogP contribution in [0.25, 0.3) is 10.9 Å². The fourth-order valence-corrected chi connectivity index (χ4v) is 3.76. The summed E-state index contributed by atoms with van der Waals surface area (Å²) in [4.78, 5) is 26.2. The van der Waals surface area contributed by atoms with Gasteiger partial charge in [0.1, 0.15) is 11.6 Å². The molecular formula is C22H25N5O3. The number of nitrogens with zero attached hydrogens (tertiary/aromatic N) is 4. The number of ether oxygens (including phenoxy) is 2. The molecule has 0 spiro atoms. The number of methoxy groups -OCH3 is 2. The highest BCUT2D eigenvalue weighted by Gasteiger charge is 2.26. The summed E-state index contributed by atoms with van der Waals surface area (Å²) in [7, 11) is 3.11. The summed E-state index contributed by atoms with van der Waals surface area (Å²) in [5, 5.41) is 0.865. The van der Waals surface area contributed by atoms with Crippen molar-refractivity contribution >= 4 is 22.6 Å². The number of hydrogen-bond acceptors (Lipinski definition) is 7. The first kappa shape index (κ1) is 19.9. The van der Waals surface area contributed by atoms with Crippen molar-refractivity contribution in [3.8, 4) is 11.5 Å². The number of nitrogens with two attached hydrogens (primary N) is 1. The summed E-state index contributed by atoms with van der Waals surface area (Å²) in [6.45, 7) is 3.28. The third-order valence-electron chi connectivity index (χ3n) is 5.34. The molecule has 1 aliphatic heterocycles. The van der Waals surface area contributed by atoms with Gasteiger partial charge in [-0.1, -0.05) is 18.2 Å². The Hall–Kier alpha value is -3.39. The minimum Gasteiger partial charge on any atom is -0.493 e. The van der Waals surface area contributed by atoms with Gasteiger partial charge in [0.15, 0.2) is 11.5 Å². The second-order valence-corrected chi connectivity index (χ2v) is 7.15. The molecule has 0 saturated carbocycles. The predicted octanol–water partition coefficient (Wildman–Crippen LogP) is 2.19. The number of para-hydroxylation sites is 2. The summed E-state index contributed by atoms with van der Waals surface area (Å²) in [5.74, 6) is 2.15. The number of hydrogen-bond donors (Lipinski definition) is 1. The lowest BCUT2D eigenvalue weighted by molar-refractivity contribution is 0.0622. The van der Waals surface area contributed by atoms with Crippen LogP contribution in [-0.4, -0.2) is 66.1 Å². The Balaban J connectivity index is 1.43. The van der Waals surface area contributed by atoms with Crippen LogP contribution < -0.4 is 15.2 Å². The summed E-state index contributed by atoms with van der Waals surface area (Å²) < 4.78 is 10.7. The molecule has 2 N–H and O–H groups in total. The first-order valence-corrected chi connectivity index (χ1v) is 9.84. The van der Waals surface area contributed by atoms with Crippen molar-refractivity contribution in [1.82, 2.24) is 19.8 Å². The van der Waals surface area contributed by atoms with Gasteiger partial charge < -0.3 is 20.1 Å². The molecule has 0 unspecified atom stereocenters. The number of benzene rings is 2.